The molecule has 0 aromatic carbocycles. The Hall–Kier alpha value is -0.570. The quantitative estimate of drug-likeness (QED) is 0.811. The van der Waals surface area contributed by atoms with Gasteiger partial charge in [0.05, 0.1) is 0 Å². The first-order valence-corrected chi connectivity index (χ1v) is 8.69. The second-order valence-electron chi connectivity index (χ2n) is 7.05. The van der Waals surface area contributed by atoms with Crippen LogP contribution < -0.4 is 10.6 Å². The van der Waals surface area contributed by atoms with Crippen LogP contribution in [0.4, 0.5) is 0 Å². The van der Waals surface area contributed by atoms with Gasteiger partial charge in [0.15, 0.2) is 0 Å². The van der Waals surface area contributed by atoms with Crippen molar-refractivity contribution in [1.29, 1.82) is 0 Å². The van der Waals surface area contributed by atoms with E-state index in [4.69, 9.17) is 0 Å². The Bertz CT molecular complexity index is 297. The highest BCUT2D eigenvalue weighted by molar-refractivity contribution is 5.76. The number of nitrogens with one attached hydrogen (secondary N) is 2. The summed E-state index contributed by atoms with van der Waals surface area (Å²) in [5.74, 6) is 1.64. The molecule has 1 amide bonds. The van der Waals surface area contributed by atoms with Crippen molar-refractivity contribution >= 4 is 5.91 Å². The Morgan fingerprint density at radius 1 is 1.15 bits per heavy atom. The third kappa shape index (κ3) is 4.76. The molecule has 0 radical (unpaired) electrons. The Kier molecular flexibility index (Phi) is 6.34. The van der Waals surface area contributed by atoms with E-state index < -0.39 is 0 Å². The zero-order valence-corrected chi connectivity index (χ0v) is 13.3. The van der Waals surface area contributed by atoms with Gasteiger partial charge in [-0.1, -0.05) is 33.1 Å². The number of carbonyl (C=O) groups is 1. The van der Waals surface area contributed by atoms with Crippen LogP contribution in [0.5, 0.6) is 0 Å². The number of rotatable bonds is 5. The van der Waals surface area contributed by atoms with E-state index in [9.17, 15) is 4.79 Å². The fourth-order valence-electron chi connectivity index (χ4n) is 3.89. The van der Waals surface area contributed by atoms with Gasteiger partial charge in [0.2, 0.25) is 5.91 Å². The van der Waals surface area contributed by atoms with E-state index >= 15 is 0 Å². The molecule has 3 unspecified atom stereocenters. The van der Waals surface area contributed by atoms with Gasteiger partial charge in [-0.15, -0.1) is 0 Å². The number of hydrogen-bond acceptors (Lipinski definition) is 2. The smallest absolute Gasteiger partial charge is 0.220 e. The maximum absolute atomic E-state index is 12.2. The van der Waals surface area contributed by atoms with E-state index in [0.717, 1.165) is 13.0 Å². The van der Waals surface area contributed by atoms with Gasteiger partial charge in [0.1, 0.15) is 0 Å². The van der Waals surface area contributed by atoms with Crippen molar-refractivity contribution in [2.24, 2.45) is 11.8 Å². The minimum Gasteiger partial charge on any atom is -0.353 e. The molecule has 2 aliphatic rings. The summed E-state index contributed by atoms with van der Waals surface area (Å²) in [6.07, 6.45) is 10.6. The summed E-state index contributed by atoms with van der Waals surface area (Å²) in [7, 11) is 0. The molecule has 2 fully saturated rings. The number of hydrogen-bond donors (Lipinski definition) is 2. The summed E-state index contributed by atoms with van der Waals surface area (Å²) < 4.78 is 0. The van der Waals surface area contributed by atoms with Gasteiger partial charge in [-0.2, -0.15) is 0 Å². The molecule has 2 rings (SSSR count). The summed E-state index contributed by atoms with van der Waals surface area (Å²) >= 11 is 0. The van der Waals surface area contributed by atoms with E-state index in [1.54, 1.807) is 0 Å². The Morgan fingerprint density at radius 2 is 1.90 bits per heavy atom. The average molecular weight is 280 g/mol. The second-order valence-corrected chi connectivity index (χ2v) is 7.05. The third-order valence-corrected chi connectivity index (χ3v) is 5.15. The van der Waals surface area contributed by atoms with E-state index in [1.807, 2.05) is 0 Å². The average Bonchev–Trinajstić information content (AvgIpc) is 2.46. The minimum atomic E-state index is 0.273. The zero-order valence-electron chi connectivity index (χ0n) is 13.3. The van der Waals surface area contributed by atoms with Gasteiger partial charge >= 0.3 is 0 Å². The molecule has 0 aromatic heterocycles. The monoisotopic (exact) mass is 280 g/mol. The van der Waals surface area contributed by atoms with Crippen molar-refractivity contribution < 1.29 is 4.79 Å². The lowest BCUT2D eigenvalue weighted by Crippen LogP contribution is -2.44. The summed E-state index contributed by atoms with van der Waals surface area (Å²) in [5.41, 5.74) is 0. The van der Waals surface area contributed by atoms with Crippen LogP contribution >= 0.6 is 0 Å². The van der Waals surface area contributed by atoms with Gasteiger partial charge < -0.3 is 10.6 Å². The lowest BCUT2D eigenvalue weighted by molar-refractivity contribution is -0.122. The molecule has 3 heteroatoms. The SMILES string of the molecule is CC(C)C1CCCCC1NC(=O)CCC1CCCCN1. The number of piperidine rings is 1. The molecular weight excluding hydrogens is 248 g/mol. The molecule has 3 atom stereocenters. The molecule has 0 aromatic rings. The van der Waals surface area contributed by atoms with Crippen LogP contribution in [0.2, 0.25) is 0 Å². The summed E-state index contributed by atoms with van der Waals surface area (Å²) in [4.78, 5) is 12.2. The first kappa shape index (κ1) is 15.8. The van der Waals surface area contributed by atoms with Crippen LogP contribution in [0.1, 0.15) is 71.6 Å². The molecule has 20 heavy (non-hydrogen) atoms. The van der Waals surface area contributed by atoms with E-state index in [0.29, 0.717) is 30.3 Å². The Balaban J connectivity index is 1.72. The largest absolute Gasteiger partial charge is 0.353 e. The van der Waals surface area contributed by atoms with Gasteiger partial charge in [0, 0.05) is 18.5 Å². The Labute approximate surface area is 124 Å². The summed E-state index contributed by atoms with van der Waals surface area (Å²) in [6.45, 7) is 5.71. The van der Waals surface area contributed by atoms with Crippen LogP contribution in [0.3, 0.4) is 0 Å². The first-order chi connectivity index (χ1) is 9.66. The van der Waals surface area contributed by atoms with Crippen molar-refractivity contribution in [3.05, 3.63) is 0 Å². The van der Waals surface area contributed by atoms with Gasteiger partial charge in [-0.05, 0) is 50.5 Å². The highest BCUT2D eigenvalue weighted by Gasteiger charge is 2.28. The Morgan fingerprint density at radius 3 is 2.60 bits per heavy atom. The highest BCUT2D eigenvalue weighted by atomic mass is 16.1. The van der Waals surface area contributed by atoms with Crippen molar-refractivity contribution in [2.45, 2.75) is 83.7 Å². The second kappa shape index (κ2) is 8.02. The van der Waals surface area contributed by atoms with E-state index in [1.165, 1.54) is 44.9 Å². The molecule has 3 nitrogen and oxygen atoms in total. The van der Waals surface area contributed by atoms with Crippen LogP contribution in [0.15, 0.2) is 0 Å². The van der Waals surface area contributed by atoms with Crippen LogP contribution in [-0.2, 0) is 4.79 Å². The maximum atomic E-state index is 12.2. The van der Waals surface area contributed by atoms with Crippen LogP contribution in [0.25, 0.3) is 0 Å². The lowest BCUT2D eigenvalue weighted by Gasteiger charge is -2.35. The van der Waals surface area contributed by atoms with Crippen molar-refractivity contribution in [1.82, 2.24) is 10.6 Å². The fraction of sp³-hybridized carbons (Fsp3) is 0.941. The van der Waals surface area contributed by atoms with Crippen molar-refractivity contribution in [3.8, 4) is 0 Å². The first-order valence-electron chi connectivity index (χ1n) is 8.69. The fourth-order valence-corrected chi connectivity index (χ4v) is 3.89. The molecule has 1 saturated carbocycles. The standard InChI is InChI=1S/C17H32N2O/c1-13(2)15-8-3-4-9-16(15)19-17(20)11-10-14-7-5-6-12-18-14/h13-16,18H,3-12H2,1-2H3,(H,19,20). The molecular formula is C17H32N2O. The molecule has 1 heterocycles. The van der Waals surface area contributed by atoms with Crippen LogP contribution in [0, 0.1) is 11.8 Å². The summed E-state index contributed by atoms with van der Waals surface area (Å²) in [6, 6.07) is 0.998. The predicted molar refractivity (Wildman–Crippen MR) is 83.6 cm³/mol. The molecule has 0 spiro atoms. The van der Waals surface area contributed by atoms with E-state index in [-0.39, 0.29) is 5.91 Å². The highest BCUT2D eigenvalue weighted by Crippen LogP contribution is 2.30. The van der Waals surface area contributed by atoms with Gasteiger partial charge in [-0.3, -0.25) is 4.79 Å². The third-order valence-electron chi connectivity index (χ3n) is 5.15. The number of carbonyl (C=O) groups excluding carboxylic acids is 1. The molecule has 0 bridgehead atoms. The van der Waals surface area contributed by atoms with Crippen LogP contribution in [-0.4, -0.2) is 24.5 Å². The van der Waals surface area contributed by atoms with Crippen molar-refractivity contribution in [2.75, 3.05) is 6.54 Å². The summed E-state index contributed by atoms with van der Waals surface area (Å²) in [5, 5.41) is 6.85. The predicted octanol–water partition coefficient (Wildman–Crippen LogP) is 3.24. The topological polar surface area (TPSA) is 41.1 Å². The molecule has 1 aliphatic carbocycles. The molecule has 1 aliphatic heterocycles. The molecule has 1 saturated heterocycles. The number of amides is 1. The minimum absolute atomic E-state index is 0.273. The van der Waals surface area contributed by atoms with Gasteiger partial charge in [0.25, 0.3) is 0 Å². The molecule has 116 valence electrons. The maximum Gasteiger partial charge on any atom is 0.220 e. The normalized spacial score (nSPS) is 31.2. The zero-order chi connectivity index (χ0) is 14.4. The van der Waals surface area contributed by atoms with Crippen molar-refractivity contribution in [3.63, 3.8) is 0 Å². The van der Waals surface area contributed by atoms with E-state index in [2.05, 4.69) is 24.5 Å². The lowest BCUT2D eigenvalue weighted by atomic mass is 9.78. The molecule has 2 N–H and O–H groups in total. The van der Waals surface area contributed by atoms with Gasteiger partial charge in [-0.25, -0.2) is 0 Å².